The lowest BCUT2D eigenvalue weighted by molar-refractivity contribution is -0.0135. The number of amides is 2. The van der Waals surface area contributed by atoms with E-state index in [2.05, 4.69) is 16.7 Å². The van der Waals surface area contributed by atoms with Gasteiger partial charge in [0.1, 0.15) is 0 Å². The fourth-order valence-corrected chi connectivity index (χ4v) is 7.88. The summed E-state index contributed by atoms with van der Waals surface area (Å²) < 4.78 is 25.2. The van der Waals surface area contributed by atoms with E-state index < -0.39 is 10.0 Å². The van der Waals surface area contributed by atoms with E-state index in [1.807, 2.05) is 35.0 Å². The smallest absolute Gasteiger partial charge is 0.315 e. The van der Waals surface area contributed by atoms with Gasteiger partial charge >= 0.3 is 6.03 Å². The lowest BCUT2D eigenvalue weighted by Gasteiger charge is -2.56. The third-order valence-electron chi connectivity index (χ3n) is 8.55. The van der Waals surface area contributed by atoms with Crippen LogP contribution < -0.4 is 15.8 Å². The number of aryl methyl sites for hydroxylation is 1. The van der Waals surface area contributed by atoms with Crippen LogP contribution in [0.3, 0.4) is 0 Å². The van der Waals surface area contributed by atoms with E-state index in [0.717, 1.165) is 66.1 Å². The van der Waals surface area contributed by atoms with Gasteiger partial charge in [-0.05, 0) is 99.5 Å². The number of urea groups is 1. The molecule has 1 aromatic heterocycles. The molecule has 7 rings (SSSR count). The molecule has 0 aliphatic heterocycles. The van der Waals surface area contributed by atoms with Gasteiger partial charge in [0, 0.05) is 17.6 Å². The highest BCUT2D eigenvalue weighted by atomic mass is 32.2. The number of rotatable bonds is 8. The SMILES string of the molecule is NS(=O)(=O)c1ccc(-n2nc(CCCNC(=O)NC34CC5CC(CC(C5)C3)C4)cc2-c2ccccc2)cc1. The second kappa shape index (κ2) is 9.85. The Kier molecular flexibility index (Phi) is 6.52. The number of hydrogen-bond donors (Lipinski definition) is 3. The second-order valence-corrected chi connectivity index (χ2v) is 13.1. The van der Waals surface area contributed by atoms with E-state index in [4.69, 9.17) is 10.2 Å². The molecule has 3 aromatic rings. The zero-order valence-electron chi connectivity index (χ0n) is 21.5. The fourth-order valence-electron chi connectivity index (χ4n) is 7.36. The van der Waals surface area contributed by atoms with E-state index in [1.54, 1.807) is 12.1 Å². The number of aromatic nitrogens is 2. The van der Waals surface area contributed by atoms with Crippen molar-refractivity contribution in [1.82, 2.24) is 20.4 Å². The van der Waals surface area contributed by atoms with Crippen LogP contribution in [0.4, 0.5) is 4.79 Å². The summed E-state index contributed by atoms with van der Waals surface area (Å²) in [6.45, 7) is 0.578. The van der Waals surface area contributed by atoms with Crippen LogP contribution in [0.15, 0.2) is 65.6 Å². The van der Waals surface area contributed by atoms with Crippen molar-refractivity contribution in [3.05, 3.63) is 66.4 Å². The number of carbonyl (C=O) groups is 1. The molecule has 4 aliphatic carbocycles. The molecule has 0 spiro atoms. The van der Waals surface area contributed by atoms with E-state index in [9.17, 15) is 13.2 Å². The summed E-state index contributed by atoms with van der Waals surface area (Å²) in [5.41, 5.74) is 3.59. The van der Waals surface area contributed by atoms with Crippen molar-refractivity contribution in [2.75, 3.05) is 6.54 Å². The van der Waals surface area contributed by atoms with Gasteiger partial charge in [-0.15, -0.1) is 0 Å². The number of nitrogens with zero attached hydrogens (tertiary/aromatic N) is 2. The number of nitrogens with one attached hydrogen (secondary N) is 2. The van der Waals surface area contributed by atoms with Gasteiger partial charge < -0.3 is 10.6 Å². The Labute approximate surface area is 224 Å². The molecular weight excluding hydrogens is 498 g/mol. The lowest BCUT2D eigenvalue weighted by atomic mass is 9.53. The Balaban J connectivity index is 1.10. The molecule has 0 unspecified atom stereocenters. The van der Waals surface area contributed by atoms with Crippen LogP contribution in [-0.2, 0) is 16.4 Å². The zero-order valence-corrected chi connectivity index (χ0v) is 22.3. The number of nitrogens with two attached hydrogens (primary N) is 1. The van der Waals surface area contributed by atoms with Crippen LogP contribution in [0.5, 0.6) is 0 Å². The summed E-state index contributed by atoms with van der Waals surface area (Å²) in [6.07, 6.45) is 8.98. The first-order valence-corrected chi connectivity index (χ1v) is 15.1. The first-order valence-electron chi connectivity index (χ1n) is 13.6. The molecule has 0 radical (unpaired) electrons. The third-order valence-corrected chi connectivity index (χ3v) is 9.48. The summed E-state index contributed by atoms with van der Waals surface area (Å²) in [5.74, 6) is 2.39. The second-order valence-electron chi connectivity index (χ2n) is 11.5. The quantitative estimate of drug-likeness (QED) is 0.372. The van der Waals surface area contributed by atoms with E-state index >= 15 is 0 Å². The first kappa shape index (κ1) is 25.1. The average Bonchev–Trinajstić information content (AvgIpc) is 3.30. The van der Waals surface area contributed by atoms with Crippen molar-refractivity contribution in [1.29, 1.82) is 0 Å². The van der Waals surface area contributed by atoms with Crippen LogP contribution >= 0.6 is 0 Å². The van der Waals surface area contributed by atoms with Crippen molar-refractivity contribution in [2.24, 2.45) is 22.9 Å². The number of benzene rings is 2. The van der Waals surface area contributed by atoms with Crippen LogP contribution in [-0.4, -0.2) is 36.3 Å². The van der Waals surface area contributed by atoms with Crippen LogP contribution in [0, 0.1) is 17.8 Å². The standard InChI is InChI=1S/C29H35N5O3S/c30-38(36,37)26-10-8-25(9-11-26)34-27(23-5-2-1-3-6-23)16-24(33-34)7-4-12-31-28(35)32-29-17-20-13-21(18-29)15-22(14-20)19-29/h1-3,5-6,8-11,16,20-22H,4,7,12-15,17-19H2,(H2,30,36,37)(H2,31,32,35). The molecule has 4 fully saturated rings. The van der Waals surface area contributed by atoms with Crippen molar-refractivity contribution >= 4 is 16.1 Å². The molecule has 0 saturated heterocycles. The lowest BCUT2D eigenvalue weighted by Crippen LogP contribution is -2.61. The zero-order chi connectivity index (χ0) is 26.3. The summed E-state index contributed by atoms with van der Waals surface area (Å²) in [7, 11) is -3.77. The van der Waals surface area contributed by atoms with Gasteiger partial charge in [0.25, 0.3) is 0 Å². The van der Waals surface area contributed by atoms with Gasteiger partial charge in [-0.2, -0.15) is 5.10 Å². The maximum absolute atomic E-state index is 12.8. The molecule has 4 N–H and O–H groups in total. The van der Waals surface area contributed by atoms with Gasteiger partial charge in [0.05, 0.1) is 22.0 Å². The number of hydrogen-bond acceptors (Lipinski definition) is 4. The van der Waals surface area contributed by atoms with Gasteiger partial charge in [0.15, 0.2) is 0 Å². The summed E-state index contributed by atoms with van der Waals surface area (Å²) in [6, 6.07) is 18.4. The first-order chi connectivity index (χ1) is 18.3. The van der Waals surface area contributed by atoms with Crippen molar-refractivity contribution in [2.45, 2.75) is 61.8 Å². The molecule has 0 atom stereocenters. The van der Waals surface area contributed by atoms with E-state index in [-0.39, 0.29) is 16.5 Å². The van der Waals surface area contributed by atoms with E-state index in [1.165, 1.54) is 31.4 Å². The monoisotopic (exact) mass is 533 g/mol. The number of carbonyl (C=O) groups excluding carboxylic acids is 1. The normalized spacial score (nSPS) is 25.9. The average molecular weight is 534 g/mol. The largest absolute Gasteiger partial charge is 0.338 e. The Morgan fingerprint density at radius 3 is 2.21 bits per heavy atom. The highest BCUT2D eigenvalue weighted by molar-refractivity contribution is 7.89. The minimum absolute atomic E-state index is 0.0149. The molecule has 2 amide bonds. The highest BCUT2D eigenvalue weighted by Gasteiger charge is 2.51. The molecule has 1 heterocycles. The number of primary sulfonamides is 1. The third kappa shape index (κ3) is 5.22. The number of sulfonamides is 1. The Bertz CT molecular complexity index is 1380. The maximum atomic E-state index is 12.8. The topological polar surface area (TPSA) is 119 Å². The van der Waals surface area contributed by atoms with Crippen LogP contribution in [0.2, 0.25) is 0 Å². The molecule has 4 bridgehead atoms. The highest BCUT2D eigenvalue weighted by Crippen LogP contribution is 2.55. The summed E-state index contributed by atoms with van der Waals surface area (Å²) in [5, 5.41) is 16.5. The molecule has 2 aromatic carbocycles. The van der Waals surface area contributed by atoms with Crippen molar-refractivity contribution in [3.8, 4) is 16.9 Å². The Morgan fingerprint density at radius 1 is 0.974 bits per heavy atom. The van der Waals surface area contributed by atoms with Gasteiger partial charge in [-0.1, -0.05) is 30.3 Å². The van der Waals surface area contributed by atoms with Gasteiger partial charge in [0.2, 0.25) is 10.0 Å². The maximum Gasteiger partial charge on any atom is 0.315 e. The molecule has 4 saturated carbocycles. The molecular formula is C29H35N5O3S. The molecule has 4 aliphatic rings. The van der Waals surface area contributed by atoms with Crippen LogP contribution in [0.25, 0.3) is 16.9 Å². The van der Waals surface area contributed by atoms with Crippen molar-refractivity contribution < 1.29 is 13.2 Å². The van der Waals surface area contributed by atoms with Crippen LogP contribution in [0.1, 0.15) is 50.6 Å². The Morgan fingerprint density at radius 2 is 1.61 bits per heavy atom. The molecule has 38 heavy (non-hydrogen) atoms. The van der Waals surface area contributed by atoms with Gasteiger partial charge in [-0.3, -0.25) is 0 Å². The van der Waals surface area contributed by atoms with E-state index in [0.29, 0.717) is 13.0 Å². The minimum Gasteiger partial charge on any atom is -0.338 e. The minimum atomic E-state index is -3.77. The molecule has 9 heteroatoms. The predicted molar refractivity (Wildman–Crippen MR) is 146 cm³/mol. The predicted octanol–water partition coefficient (Wildman–Crippen LogP) is 4.39. The summed E-state index contributed by atoms with van der Waals surface area (Å²) >= 11 is 0. The molecule has 200 valence electrons. The fraction of sp³-hybridized carbons (Fsp3) is 0.448. The Hall–Kier alpha value is -3.17. The molecule has 8 nitrogen and oxygen atoms in total. The van der Waals surface area contributed by atoms with Crippen molar-refractivity contribution in [3.63, 3.8) is 0 Å². The van der Waals surface area contributed by atoms with Gasteiger partial charge in [-0.25, -0.2) is 23.0 Å². The summed E-state index contributed by atoms with van der Waals surface area (Å²) in [4.78, 5) is 12.8.